The van der Waals surface area contributed by atoms with Gasteiger partial charge in [-0.15, -0.1) is 0 Å². The van der Waals surface area contributed by atoms with E-state index in [1.54, 1.807) is 32.4 Å². The molecule has 1 amide bonds. The Balaban J connectivity index is 1.09. The van der Waals surface area contributed by atoms with Crippen molar-refractivity contribution >= 4 is 33.4 Å². The average Bonchev–Trinajstić information content (AvgIpc) is 3.01. The first-order valence-corrected chi connectivity index (χ1v) is 14.4. The number of nitrogens with one attached hydrogen (secondary N) is 2. The smallest absolute Gasteiger partial charge is 0.257 e. The molecule has 1 aliphatic heterocycles. The zero-order valence-corrected chi connectivity index (χ0v) is 24.3. The molecule has 7 heteroatoms. The Hall–Kier alpha value is -4.62. The highest BCUT2D eigenvalue weighted by Gasteiger charge is 2.19. The molecule has 0 bridgehead atoms. The van der Waals surface area contributed by atoms with Crippen molar-refractivity contribution in [3.05, 3.63) is 111 Å². The summed E-state index contributed by atoms with van der Waals surface area (Å²) >= 11 is 0. The standard InChI is InChI=1S/C35H35N3O4/c1-22-7-4-9-27-32(22)37-33-28(34(27)39)10-5-11-29(33)35(40)36-26-14-12-23(13-15-26)8-6-17-38-18-16-24-19-30(41-2)31(42-3)20-25(24)21-38/h4-5,7,9-15,19-20H,6,8,16-18,21H2,1-3H3,(H,36,40)(H,37,39). The first kappa shape index (κ1) is 27.5. The summed E-state index contributed by atoms with van der Waals surface area (Å²) < 4.78 is 11.0. The van der Waals surface area contributed by atoms with Crippen LogP contribution in [0.25, 0.3) is 21.8 Å². The number of amides is 1. The van der Waals surface area contributed by atoms with Crippen LogP contribution in [0.5, 0.6) is 11.5 Å². The highest BCUT2D eigenvalue weighted by Crippen LogP contribution is 2.33. The van der Waals surface area contributed by atoms with E-state index >= 15 is 0 Å². The minimum atomic E-state index is -0.253. The predicted octanol–water partition coefficient (Wildman–Crippen LogP) is 6.25. The molecule has 0 aliphatic carbocycles. The SMILES string of the molecule is COc1cc2c(cc1OC)CN(CCCc1ccc(NC(=O)c3cccc4c(=O)c5cccc(C)c5[nH]c34)cc1)CC2. The fourth-order valence-corrected chi connectivity index (χ4v) is 5.95. The molecule has 4 aromatic carbocycles. The number of pyridine rings is 1. The molecule has 5 aromatic rings. The minimum absolute atomic E-state index is 0.0739. The van der Waals surface area contributed by atoms with Gasteiger partial charge in [-0.1, -0.05) is 30.3 Å². The number of para-hydroxylation sites is 2. The van der Waals surface area contributed by atoms with Gasteiger partial charge in [0.2, 0.25) is 0 Å². The number of methoxy groups -OCH3 is 2. The van der Waals surface area contributed by atoms with E-state index in [1.165, 1.54) is 16.7 Å². The number of fused-ring (bicyclic) bond motifs is 3. The molecule has 0 radical (unpaired) electrons. The lowest BCUT2D eigenvalue weighted by molar-refractivity contribution is 0.102. The van der Waals surface area contributed by atoms with Crippen LogP contribution in [0.1, 0.15) is 39.0 Å². The number of aromatic nitrogens is 1. The summed E-state index contributed by atoms with van der Waals surface area (Å²) in [5, 5.41) is 4.14. The van der Waals surface area contributed by atoms with Gasteiger partial charge in [0.15, 0.2) is 16.9 Å². The van der Waals surface area contributed by atoms with E-state index < -0.39 is 0 Å². The first-order valence-electron chi connectivity index (χ1n) is 14.4. The van der Waals surface area contributed by atoms with Gasteiger partial charge in [0.1, 0.15) is 0 Å². The van der Waals surface area contributed by atoms with Crippen molar-refractivity contribution in [2.75, 3.05) is 32.6 Å². The average molecular weight is 562 g/mol. The second-order valence-electron chi connectivity index (χ2n) is 10.9. The third kappa shape index (κ3) is 5.35. The number of aromatic amines is 1. The summed E-state index contributed by atoms with van der Waals surface area (Å²) in [5.41, 5.74) is 7.23. The quantitative estimate of drug-likeness (QED) is 0.219. The van der Waals surface area contributed by atoms with Gasteiger partial charge in [0.05, 0.1) is 30.8 Å². The van der Waals surface area contributed by atoms with Gasteiger partial charge in [-0.05, 0) is 97.4 Å². The second kappa shape index (κ2) is 11.7. The Kier molecular flexibility index (Phi) is 7.68. The summed E-state index contributed by atoms with van der Waals surface area (Å²) in [7, 11) is 3.35. The maximum absolute atomic E-state index is 13.3. The number of hydrogen-bond donors (Lipinski definition) is 2. The van der Waals surface area contributed by atoms with Gasteiger partial charge < -0.3 is 19.8 Å². The monoisotopic (exact) mass is 561 g/mol. The van der Waals surface area contributed by atoms with Crippen LogP contribution in [-0.4, -0.2) is 43.1 Å². The maximum atomic E-state index is 13.3. The van der Waals surface area contributed by atoms with E-state index in [0.717, 1.165) is 67.2 Å². The number of nitrogens with zero attached hydrogens (tertiary/aromatic N) is 1. The van der Waals surface area contributed by atoms with Gasteiger partial charge in [-0.25, -0.2) is 0 Å². The van der Waals surface area contributed by atoms with E-state index in [0.29, 0.717) is 21.9 Å². The fourth-order valence-electron chi connectivity index (χ4n) is 5.95. The molecule has 2 heterocycles. The van der Waals surface area contributed by atoms with Gasteiger partial charge >= 0.3 is 0 Å². The number of rotatable bonds is 8. The summed E-state index contributed by atoms with van der Waals surface area (Å²) in [6.07, 6.45) is 3.01. The molecule has 0 spiro atoms. The molecule has 42 heavy (non-hydrogen) atoms. The van der Waals surface area contributed by atoms with E-state index in [9.17, 15) is 9.59 Å². The van der Waals surface area contributed by atoms with Crippen LogP contribution in [0.15, 0.2) is 77.6 Å². The topological polar surface area (TPSA) is 83.7 Å². The van der Waals surface area contributed by atoms with E-state index in [-0.39, 0.29) is 11.3 Å². The zero-order valence-electron chi connectivity index (χ0n) is 24.3. The molecule has 0 saturated carbocycles. The van der Waals surface area contributed by atoms with Crippen LogP contribution in [0.2, 0.25) is 0 Å². The number of benzene rings is 4. The minimum Gasteiger partial charge on any atom is -0.493 e. The van der Waals surface area contributed by atoms with Crippen molar-refractivity contribution in [3.63, 3.8) is 0 Å². The molecule has 6 rings (SSSR count). The van der Waals surface area contributed by atoms with Crippen LogP contribution in [-0.2, 0) is 19.4 Å². The van der Waals surface area contributed by atoms with E-state index in [4.69, 9.17) is 9.47 Å². The molecule has 1 aromatic heterocycles. The number of ether oxygens (including phenoxy) is 2. The number of carbonyl (C=O) groups is 1. The lowest BCUT2D eigenvalue weighted by Gasteiger charge is -2.29. The lowest BCUT2D eigenvalue weighted by Crippen LogP contribution is -2.31. The Morgan fingerprint density at radius 3 is 2.33 bits per heavy atom. The number of H-pyrrole nitrogens is 1. The zero-order chi connectivity index (χ0) is 29.2. The largest absolute Gasteiger partial charge is 0.493 e. The Morgan fingerprint density at radius 2 is 1.60 bits per heavy atom. The number of hydrogen-bond acceptors (Lipinski definition) is 5. The predicted molar refractivity (Wildman–Crippen MR) is 168 cm³/mol. The molecule has 0 unspecified atom stereocenters. The van der Waals surface area contributed by atoms with Gasteiger partial charge in [0, 0.05) is 29.5 Å². The van der Waals surface area contributed by atoms with Crippen LogP contribution >= 0.6 is 0 Å². The molecule has 0 fully saturated rings. The normalized spacial score (nSPS) is 13.2. The highest BCUT2D eigenvalue weighted by molar-refractivity contribution is 6.13. The van der Waals surface area contributed by atoms with E-state index in [1.807, 2.05) is 37.3 Å². The highest BCUT2D eigenvalue weighted by atomic mass is 16.5. The Morgan fingerprint density at radius 1 is 0.905 bits per heavy atom. The van der Waals surface area contributed by atoms with Crippen molar-refractivity contribution in [1.29, 1.82) is 0 Å². The number of anilines is 1. The first-order chi connectivity index (χ1) is 20.4. The number of carbonyl (C=O) groups excluding carboxylic acids is 1. The lowest BCUT2D eigenvalue weighted by atomic mass is 9.98. The Labute approximate surface area is 245 Å². The summed E-state index contributed by atoms with van der Waals surface area (Å²) in [4.78, 5) is 32.3. The third-order valence-electron chi connectivity index (χ3n) is 8.27. The molecular formula is C35H35N3O4. The molecule has 214 valence electrons. The van der Waals surface area contributed by atoms with Crippen LogP contribution in [0, 0.1) is 6.92 Å². The summed E-state index contributed by atoms with van der Waals surface area (Å²) in [6, 6.07) is 23.1. The molecular weight excluding hydrogens is 526 g/mol. The third-order valence-corrected chi connectivity index (χ3v) is 8.27. The molecule has 1 aliphatic rings. The van der Waals surface area contributed by atoms with Crippen molar-refractivity contribution in [2.24, 2.45) is 0 Å². The van der Waals surface area contributed by atoms with Crippen LogP contribution < -0.4 is 20.2 Å². The fraction of sp³-hybridized carbons (Fsp3) is 0.257. The van der Waals surface area contributed by atoms with Gasteiger partial charge in [-0.3, -0.25) is 14.5 Å². The summed E-state index contributed by atoms with van der Waals surface area (Å²) in [6.45, 7) is 4.91. The van der Waals surface area contributed by atoms with Crippen molar-refractivity contribution in [2.45, 2.75) is 32.7 Å². The van der Waals surface area contributed by atoms with Crippen molar-refractivity contribution < 1.29 is 14.3 Å². The van der Waals surface area contributed by atoms with Gasteiger partial charge in [-0.2, -0.15) is 0 Å². The molecule has 2 N–H and O–H groups in total. The van der Waals surface area contributed by atoms with Gasteiger partial charge in [0.25, 0.3) is 5.91 Å². The van der Waals surface area contributed by atoms with Crippen LogP contribution in [0.3, 0.4) is 0 Å². The number of aryl methyl sites for hydroxylation is 2. The van der Waals surface area contributed by atoms with Crippen LogP contribution in [0.4, 0.5) is 5.69 Å². The maximum Gasteiger partial charge on any atom is 0.257 e. The van der Waals surface area contributed by atoms with Crippen molar-refractivity contribution in [1.82, 2.24) is 9.88 Å². The molecule has 0 atom stereocenters. The second-order valence-corrected chi connectivity index (χ2v) is 10.9. The van der Waals surface area contributed by atoms with E-state index in [2.05, 4.69) is 39.5 Å². The molecule has 0 saturated heterocycles. The Bertz CT molecular complexity index is 1840. The van der Waals surface area contributed by atoms with Crippen molar-refractivity contribution in [3.8, 4) is 11.5 Å². The molecule has 7 nitrogen and oxygen atoms in total. The summed E-state index contributed by atoms with van der Waals surface area (Å²) in [5.74, 6) is 1.32.